The van der Waals surface area contributed by atoms with Crippen LogP contribution in [0.1, 0.15) is 11.1 Å². The number of nitrogens with two attached hydrogens (primary N) is 1. The molecule has 4 aromatic rings. The summed E-state index contributed by atoms with van der Waals surface area (Å²) in [5.41, 5.74) is 9.71. The molecule has 3 aromatic heterocycles. The number of nitrogens with one attached hydrogen (secondary N) is 1. The molecule has 29 heavy (non-hydrogen) atoms. The molecule has 0 aliphatic rings. The minimum Gasteiger partial charge on any atom is -0.354 e. The molecule has 3 N–H and O–H groups in total. The van der Waals surface area contributed by atoms with E-state index in [-0.39, 0.29) is 11.6 Å². The molecular weight excluding hydrogens is 382 g/mol. The number of benzene rings is 1. The molecule has 1 aromatic carbocycles. The summed E-state index contributed by atoms with van der Waals surface area (Å²) in [5, 5.41) is 6.70. The van der Waals surface area contributed by atoms with Crippen molar-refractivity contribution in [2.24, 2.45) is 12.8 Å². The van der Waals surface area contributed by atoms with E-state index in [9.17, 15) is 4.79 Å². The number of nitrogens with zero attached hydrogens (tertiary/aromatic N) is 3. The second-order valence-electron chi connectivity index (χ2n) is 7.11. The van der Waals surface area contributed by atoms with Gasteiger partial charge >= 0.3 is 0 Å². The van der Waals surface area contributed by atoms with Crippen molar-refractivity contribution in [2.75, 3.05) is 11.9 Å². The third kappa shape index (κ3) is 3.92. The van der Waals surface area contributed by atoms with Gasteiger partial charge in [0.25, 0.3) is 5.56 Å². The average Bonchev–Trinajstić information content (AvgIpc) is 3.15. The molecule has 0 saturated heterocycles. The number of anilines is 1. The van der Waals surface area contributed by atoms with E-state index in [4.69, 9.17) is 10.7 Å². The van der Waals surface area contributed by atoms with Crippen molar-refractivity contribution in [3.05, 3.63) is 75.7 Å². The number of hydrogen-bond donors (Lipinski definition) is 2. The van der Waals surface area contributed by atoms with Gasteiger partial charge in [0.05, 0.1) is 5.69 Å². The van der Waals surface area contributed by atoms with E-state index >= 15 is 0 Å². The first-order valence-corrected chi connectivity index (χ1v) is 10.3. The lowest BCUT2D eigenvalue weighted by Gasteiger charge is -2.17. The Morgan fingerprint density at radius 1 is 1.21 bits per heavy atom. The van der Waals surface area contributed by atoms with Gasteiger partial charge in [-0.1, -0.05) is 18.2 Å². The third-order valence-corrected chi connectivity index (χ3v) is 6.05. The van der Waals surface area contributed by atoms with Crippen molar-refractivity contribution in [1.82, 2.24) is 14.5 Å². The van der Waals surface area contributed by atoms with Gasteiger partial charge in [0.15, 0.2) is 0 Å². The fourth-order valence-electron chi connectivity index (χ4n) is 3.43. The maximum Gasteiger partial charge on any atom is 0.258 e. The van der Waals surface area contributed by atoms with Crippen LogP contribution in [0.25, 0.3) is 21.3 Å². The molecule has 0 spiro atoms. The lowest BCUT2D eigenvalue weighted by Crippen LogP contribution is -2.34. The van der Waals surface area contributed by atoms with Crippen LogP contribution in [0.3, 0.4) is 0 Å². The van der Waals surface area contributed by atoms with Crippen molar-refractivity contribution in [2.45, 2.75) is 19.4 Å². The molecule has 1 unspecified atom stereocenters. The highest BCUT2D eigenvalue weighted by atomic mass is 32.1. The summed E-state index contributed by atoms with van der Waals surface area (Å²) in [5.74, 6) is 0.512. The zero-order chi connectivity index (χ0) is 20.4. The van der Waals surface area contributed by atoms with Gasteiger partial charge in [-0.3, -0.25) is 14.3 Å². The summed E-state index contributed by atoms with van der Waals surface area (Å²) in [6, 6.07) is 12.0. The Labute approximate surface area is 173 Å². The van der Waals surface area contributed by atoms with Crippen molar-refractivity contribution >= 4 is 27.4 Å². The smallest absolute Gasteiger partial charge is 0.258 e. The van der Waals surface area contributed by atoms with Crippen molar-refractivity contribution < 1.29 is 0 Å². The number of fused-ring (bicyclic) bond motifs is 1. The second kappa shape index (κ2) is 8.14. The van der Waals surface area contributed by atoms with Gasteiger partial charge in [-0.2, -0.15) is 0 Å². The minimum absolute atomic E-state index is 0.0771. The number of thiophene rings is 1. The van der Waals surface area contributed by atoms with Crippen LogP contribution in [0.4, 0.5) is 5.95 Å². The van der Waals surface area contributed by atoms with E-state index in [1.807, 2.05) is 18.2 Å². The Kier molecular flexibility index (Phi) is 5.42. The standard InChI is InChI=1S/C22H23N5OS/c1-14-20(15-7-9-24-10-8-15)26-22(27(2)21(14)28)25-12-17(23)11-16-13-29-19-6-4-3-5-18(16)19/h3-10,13,17H,11-12,23H2,1-2H3,(H,25,26). The number of hydrogen-bond acceptors (Lipinski definition) is 6. The number of aromatic nitrogens is 3. The van der Waals surface area contributed by atoms with Gasteiger partial charge in [0, 0.05) is 47.9 Å². The summed E-state index contributed by atoms with van der Waals surface area (Å²) < 4.78 is 2.81. The first kappa shape index (κ1) is 19.3. The third-order valence-electron chi connectivity index (χ3n) is 5.04. The molecule has 1 atom stereocenters. The zero-order valence-electron chi connectivity index (χ0n) is 16.4. The van der Waals surface area contributed by atoms with Crippen LogP contribution in [0.2, 0.25) is 0 Å². The first-order chi connectivity index (χ1) is 14.0. The SMILES string of the molecule is Cc1c(-c2ccncc2)nc(NCC(N)Cc2csc3ccccc23)n(C)c1=O. The van der Waals surface area contributed by atoms with Crippen LogP contribution in [0.5, 0.6) is 0 Å². The fourth-order valence-corrected chi connectivity index (χ4v) is 4.41. The molecule has 0 bridgehead atoms. The lowest BCUT2D eigenvalue weighted by atomic mass is 10.1. The summed E-state index contributed by atoms with van der Waals surface area (Å²) in [7, 11) is 1.72. The van der Waals surface area contributed by atoms with Gasteiger partial charge < -0.3 is 11.1 Å². The summed E-state index contributed by atoms with van der Waals surface area (Å²) in [6.45, 7) is 2.31. The Hall–Kier alpha value is -3.03. The van der Waals surface area contributed by atoms with Gasteiger partial charge in [-0.05, 0) is 47.9 Å². The van der Waals surface area contributed by atoms with E-state index in [1.54, 1.807) is 37.7 Å². The number of pyridine rings is 1. The van der Waals surface area contributed by atoms with E-state index in [2.05, 4.69) is 33.9 Å². The molecule has 3 heterocycles. The Morgan fingerprint density at radius 3 is 2.76 bits per heavy atom. The molecule has 0 aliphatic carbocycles. The van der Waals surface area contributed by atoms with Crippen LogP contribution in [-0.2, 0) is 13.5 Å². The lowest BCUT2D eigenvalue weighted by molar-refractivity contribution is 0.690. The molecule has 148 valence electrons. The predicted molar refractivity (Wildman–Crippen MR) is 119 cm³/mol. The highest BCUT2D eigenvalue weighted by molar-refractivity contribution is 7.17. The highest BCUT2D eigenvalue weighted by Gasteiger charge is 2.14. The maximum absolute atomic E-state index is 12.7. The van der Waals surface area contributed by atoms with Gasteiger partial charge in [-0.25, -0.2) is 4.98 Å². The fraction of sp³-hybridized carbons (Fsp3) is 0.227. The van der Waals surface area contributed by atoms with E-state index < -0.39 is 0 Å². The van der Waals surface area contributed by atoms with Gasteiger partial charge in [0.1, 0.15) is 0 Å². The zero-order valence-corrected chi connectivity index (χ0v) is 17.2. The van der Waals surface area contributed by atoms with Gasteiger partial charge in [0.2, 0.25) is 5.95 Å². The molecule has 0 saturated carbocycles. The molecule has 0 amide bonds. The quantitative estimate of drug-likeness (QED) is 0.514. The van der Waals surface area contributed by atoms with Crippen LogP contribution < -0.4 is 16.6 Å². The normalized spacial score (nSPS) is 12.2. The first-order valence-electron chi connectivity index (χ1n) is 9.47. The Balaban J connectivity index is 1.53. The van der Waals surface area contributed by atoms with Crippen LogP contribution in [-0.4, -0.2) is 27.1 Å². The summed E-state index contributed by atoms with van der Waals surface area (Å²) in [6.07, 6.45) is 4.15. The molecular formula is C22H23N5OS. The van der Waals surface area contributed by atoms with E-state index in [0.717, 1.165) is 12.0 Å². The molecule has 0 fully saturated rings. The monoisotopic (exact) mass is 405 g/mol. The summed E-state index contributed by atoms with van der Waals surface area (Å²) in [4.78, 5) is 21.4. The Morgan fingerprint density at radius 2 is 1.97 bits per heavy atom. The molecule has 4 rings (SSSR count). The van der Waals surface area contributed by atoms with E-state index in [1.165, 1.54) is 20.2 Å². The molecule has 7 heteroatoms. The average molecular weight is 406 g/mol. The van der Waals surface area contributed by atoms with Crippen molar-refractivity contribution in [3.8, 4) is 11.3 Å². The Bertz CT molecular complexity index is 1200. The van der Waals surface area contributed by atoms with Gasteiger partial charge in [-0.15, -0.1) is 11.3 Å². The second-order valence-corrected chi connectivity index (χ2v) is 8.02. The van der Waals surface area contributed by atoms with E-state index in [0.29, 0.717) is 23.8 Å². The van der Waals surface area contributed by atoms with Crippen molar-refractivity contribution in [1.29, 1.82) is 0 Å². The van der Waals surface area contributed by atoms with Crippen LogP contribution in [0, 0.1) is 6.92 Å². The topological polar surface area (TPSA) is 85.8 Å². The molecule has 0 aliphatic heterocycles. The number of rotatable bonds is 6. The summed E-state index contributed by atoms with van der Waals surface area (Å²) >= 11 is 1.74. The van der Waals surface area contributed by atoms with Crippen LogP contribution >= 0.6 is 11.3 Å². The maximum atomic E-state index is 12.7. The highest BCUT2D eigenvalue weighted by Crippen LogP contribution is 2.26. The largest absolute Gasteiger partial charge is 0.354 e. The minimum atomic E-state index is -0.101. The predicted octanol–water partition coefficient (Wildman–Crippen LogP) is 3.35. The van der Waals surface area contributed by atoms with Crippen molar-refractivity contribution in [3.63, 3.8) is 0 Å². The molecule has 0 radical (unpaired) electrons. The van der Waals surface area contributed by atoms with Crippen LogP contribution in [0.15, 0.2) is 59.0 Å². The molecule has 6 nitrogen and oxygen atoms in total.